The molecule has 1 atom stereocenters. The molecule has 0 spiro atoms. The molecule has 0 radical (unpaired) electrons. The number of urea groups is 1. The van der Waals surface area contributed by atoms with Gasteiger partial charge in [0.15, 0.2) is 0 Å². The third kappa shape index (κ3) is 4.57. The minimum Gasteiger partial charge on any atom is -0.480 e. The quantitative estimate of drug-likeness (QED) is 0.858. The van der Waals surface area contributed by atoms with Crippen molar-refractivity contribution < 1.29 is 19.1 Å². The van der Waals surface area contributed by atoms with Crippen LogP contribution in [-0.4, -0.2) is 35.1 Å². The molecule has 0 aliphatic carbocycles. The van der Waals surface area contributed by atoms with E-state index in [9.17, 15) is 14.0 Å². The van der Waals surface area contributed by atoms with E-state index in [0.29, 0.717) is 5.56 Å². The molecule has 0 saturated carbocycles. The van der Waals surface area contributed by atoms with Crippen LogP contribution in [0, 0.1) is 5.82 Å². The van der Waals surface area contributed by atoms with E-state index in [-0.39, 0.29) is 18.9 Å². The predicted octanol–water partition coefficient (Wildman–Crippen LogP) is 2.00. The van der Waals surface area contributed by atoms with Crippen LogP contribution in [0.4, 0.5) is 9.18 Å². The number of likely N-dealkylation sites (N-methyl/N-ethyl adjacent to an activating group) is 1. The second-order valence-corrected chi connectivity index (χ2v) is 4.13. The average Bonchev–Trinajstić information content (AvgIpc) is 2.35. The first kappa shape index (κ1) is 14.9. The first-order valence-corrected chi connectivity index (χ1v) is 5.96. The summed E-state index contributed by atoms with van der Waals surface area (Å²) in [5.41, 5.74) is 0.625. The molecule has 104 valence electrons. The fourth-order valence-corrected chi connectivity index (χ4v) is 1.63. The second kappa shape index (κ2) is 6.72. The van der Waals surface area contributed by atoms with Gasteiger partial charge in [-0.05, 0) is 31.5 Å². The molecule has 6 heteroatoms. The van der Waals surface area contributed by atoms with E-state index < -0.39 is 18.0 Å². The van der Waals surface area contributed by atoms with Crippen LogP contribution < -0.4 is 5.32 Å². The number of nitrogens with one attached hydrogen (secondary N) is 1. The van der Waals surface area contributed by atoms with E-state index in [1.165, 1.54) is 12.1 Å². The number of carbonyl (C=O) groups excluding carboxylic acids is 1. The van der Waals surface area contributed by atoms with E-state index in [1.807, 2.05) is 0 Å². The van der Waals surface area contributed by atoms with Crippen LogP contribution in [0.5, 0.6) is 0 Å². The van der Waals surface area contributed by atoms with Gasteiger partial charge in [-0.3, -0.25) is 4.79 Å². The fourth-order valence-electron chi connectivity index (χ4n) is 1.63. The molecule has 0 saturated heterocycles. The van der Waals surface area contributed by atoms with Crippen LogP contribution in [0.15, 0.2) is 24.3 Å². The maximum absolute atomic E-state index is 13.1. The zero-order valence-corrected chi connectivity index (χ0v) is 10.9. The number of carbonyl (C=O) groups is 2. The molecule has 1 aromatic rings. The molecule has 5 nitrogen and oxygen atoms in total. The summed E-state index contributed by atoms with van der Waals surface area (Å²) in [6.07, 6.45) is 0. The summed E-state index contributed by atoms with van der Waals surface area (Å²) in [5, 5.41) is 11.3. The van der Waals surface area contributed by atoms with Gasteiger partial charge in [-0.25, -0.2) is 9.18 Å². The van der Waals surface area contributed by atoms with Gasteiger partial charge in [-0.1, -0.05) is 12.1 Å². The Bertz CT molecular complexity index is 465. The van der Waals surface area contributed by atoms with Crippen molar-refractivity contribution in [3.63, 3.8) is 0 Å². The van der Waals surface area contributed by atoms with Crippen molar-refractivity contribution in [2.24, 2.45) is 0 Å². The first-order chi connectivity index (χ1) is 8.93. The SMILES string of the molecule is CCN(CC(=O)O)C(=O)NC(C)c1cccc(F)c1. The van der Waals surface area contributed by atoms with E-state index in [1.54, 1.807) is 26.0 Å². The van der Waals surface area contributed by atoms with Crippen molar-refractivity contribution in [2.75, 3.05) is 13.1 Å². The van der Waals surface area contributed by atoms with Gasteiger partial charge < -0.3 is 15.3 Å². The highest BCUT2D eigenvalue weighted by atomic mass is 19.1. The summed E-state index contributed by atoms with van der Waals surface area (Å²) < 4.78 is 13.1. The van der Waals surface area contributed by atoms with Crippen LogP contribution in [0.3, 0.4) is 0 Å². The van der Waals surface area contributed by atoms with Gasteiger partial charge in [0.25, 0.3) is 0 Å². The van der Waals surface area contributed by atoms with Crippen molar-refractivity contribution in [3.05, 3.63) is 35.6 Å². The highest BCUT2D eigenvalue weighted by Crippen LogP contribution is 2.13. The highest BCUT2D eigenvalue weighted by molar-refractivity contribution is 5.80. The summed E-state index contributed by atoms with van der Waals surface area (Å²) >= 11 is 0. The zero-order valence-electron chi connectivity index (χ0n) is 10.9. The topological polar surface area (TPSA) is 69.6 Å². The van der Waals surface area contributed by atoms with Gasteiger partial charge in [0, 0.05) is 6.54 Å². The monoisotopic (exact) mass is 268 g/mol. The fraction of sp³-hybridized carbons (Fsp3) is 0.385. The van der Waals surface area contributed by atoms with Gasteiger partial charge in [-0.15, -0.1) is 0 Å². The second-order valence-electron chi connectivity index (χ2n) is 4.13. The summed E-state index contributed by atoms with van der Waals surface area (Å²) in [6.45, 7) is 3.32. The Kier molecular flexibility index (Phi) is 5.29. The Balaban J connectivity index is 2.67. The van der Waals surface area contributed by atoms with E-state index in [2.05, 4.69) is 5.32 Å². The lowest BCUT2D eigenvalue weighted by molar-refractivity contribution is -0.137. The molecule has 1 aromatic carbocycles. The molecular weight excluding hydrogens is 251 g/mol. The number of amides is 2. The van der Waals surface area contributed by atoms with Crippen LogP contribution in [0.2, 0.25) is 0 Å². The summed E-state index contributed by atoms with van der Waals surface area (Å²) in [5.74, 6) is -1.45. The molecule has 0 aliphatic rings. The Labute approximate surface area is 111 Å². The maximum Gasteiger partial charge on any atom is 0.323 e. The Morgan fingerprint density at radius 2 is 2.16 bits per heavy atom. The molecule has 1 rings (SSSR count). The van der Waals surface area contributed by atoms with E-state index in [4.69, 9.17) is 5.11 Å². The number of nitrogens with zero attached hydrogens (tertiary/aromatic N) is 1. The number of hydrogen-bond donors (Lipinski definition) is 2. The Morgan fingerprint density at radius 1 is 1.47 bits per heavy atom. The van der Waals surface area contributed by atoms with Gasteiger partial charge in [0.05, 0.1) is 6.04 Å². The van der Waals surface area contributed by atoms with Gasteiger partial charge >= 0.3 is 12.0 Å². The lowest BCUT2D eigenvalue weighted by Crippen LogP contribution is -2.43. The number of halogens is 1. The van der Waals surface area contributed by atoms with Crippen molar-refractivity contribution in [1.29, 1.82) is 0 Å². The van der Waals surface area contributed by atoms with E-state index >= 15 is 0 Å². The standard InChI is InChI=1S/C13H17FN2O3/c1-3-16(8-12(17)18)13(19)15-9(2)10-5-4-6-11(14)7-10/h4-7,9H,3,8H2,1-2H3,(H,15,19)(H,17,18). The van der Waals surface area contributed by atoms with Crippen molar-refractivity contribution >= 4 is 12.0 Å². The molecule has 0 aliphatic heterocycles. The smallest absolute Gasteiger partial charge is 0.323 e. The minimum atomic E-state index is -1.07. The summed E-state index contributed by atoms with van der Waals surface area (Å²) in [6, 6.07) is 5.02. The predicted molar refractivity (Wildman–Crippen MR) is 68.2 cm³/mol. The summed E-state index contributed by atoms with van der Waals surface area (Å²) in [4.78, 5) is 23.6. The van der Waals surface area contributed by atoms with E-state index in [0.717, 1.165) is 4.90 Å². The number of aliphatic carboxylic acids is 1. The van der Waals surface area contributed by atoms with Crippen LogP contribution in [0.1, 0.15) is 25.5 Å². The number of benzene rings is 1. The molecule has 0 fully saturated rings. The Morgan fingerprint density at radius 3 is 2.68 bits per heavy atom. The number of hydrogen-bond acceptors (Lipinski definition) is 2. The molecule has 2 N–H and O–H groups in total. The number of carboxylic acid groups (broad SMARTS) is 1. The molecule has 19 heavy (non-hydrogen) atoms. The van der Waals surface area contributed by atoms with Gasteiger partial charge in [0.1, 0.15) is 12.4 Å². The zero-order chi connectivity index (χ0) is 14.4. The van der Waals surface area contributed by atoms with Crippen molar-refractivity contribution in [1.82, 2.24) is 10.2 Å². The normalized spacial score (nSPS) is 11.7. The third-order valence-electron chi connectivity index (χ3n) is 2.68. The lowest BCUT2D eigenvalue weighted by Gasteiger charge is -2.22. The Hall–Kier alpha value is -2.11. The van der Waals surface area contributed by atoms with Crippen molar-refractivity contribution in [2.45, 2.75) is 19.9 Å². The van der Waals surface area contributed by atoms with Crippen LogP contribution in [-0.2, 0) is 4.79 Å². The van der Waals surface area contributed by atoms with Gasteiger partial charge in [-0.2, -0.15) is 0 Å². The molecule has 0 heterocycles. The maximum atomic E-state index is 13.1. The third-order valence-corrected chi connectivity index (χ3v) is 2.68. The molecule has 0 bridgehead atoms. The first-order valence-electron chi connectivity index (χ1n) is 5.96. The largest absolute Gasteiger partial charge is 0.480 e. The summed E-state index contributed by atoms with van der Waals surface area (Å²) in [7, 11) is 0. The van der Waals surface area contributed by atoms with Gasteiger partial charge in [0.2, 0.25) is 0 Å². The average molecular weight is 268 g/mol. The van der Waals surface area contributed by atoms with Crippen molar-refractivity contribution in [3.8, 4) is 0 Å². The van der Waals surface area contributed by atoms with Crippen LogP contribution in [0.25, 0.3) is 0 Å². The molecule has 0 aromatic heterocycles. The minimum absolute atomic E-state index is 0.286. The number of carboxylic acids is 1. The molecule has 2 amide bonds. The molecule has 1 unspecified atom stereocenters. The molecular formula is C13H17FN2O3. The number of rotatable bonds is 5. The lowest BCUT2D eigenvalue weighted by atomic mass is 10.1. The highest BCUT2D eigenvalue weighted by Gasteiger charge is 2.17. The van der Waals surface area contributed by atoms with Crippen LogP contribution >= 0.6 is 0 Å².